The van der Waals surface area contributed by atoms with Gasteiger partial charge in [-0.2, -0.15) is 0 Å². The minimum Gasteiger partial charge on any atom is -0.306 e. The Morgan fingerprint density at radius 3 is 0.867 bits per heavy atom. The van der Waals surface area contributed by atoms with E-state index in [4.69, 9.17) is 0 Å². The van der Waals surface area contributed by atoms with E-state index in [-0.39, 0.29) is 21.9 Å². The second-order valence-corrected chi connectivity index (χ2v) is 8.00. The average molecular weight is 213 g/mol. The molecule has 0 saturated heterocycles. The Hall–Kier alpha value is -0.0400. The molecule has 0 aromatic heterocycles. The molecule has 0 heterocycles. The highest BCUT2D eigenvalue weighted by atomic mass is 15.1. The monoisotopic (exact) mass is 213 g/mol. The summed E-state index contributed by atoms with van der Waals surface area (Å²) in [6.45, 7) is 23.0. The van der Waals surface area contributed by atoms with Crippen LogP contribution in [-0.2, 0) is 0 Å². The van der Waals surface area contributed by atoms with Crippen LogP contribution in [0, 0.1) is 10.8 Å². The highest BCUT2D eigenvalue weighted by molar-refractivity contribution is 5.05. The standard InChI is InChI=1S/C14H31N/c1-11(2,3)14(10,12(4,5)6)15-13(7,8)9/h15H,1-10H3. The molecule has 0 amide bonds. The van der Waals surface area contributed by atoms with Crippen molar-refractivity contribution in [2.24, 2.45) is 10.8 Å². The summed E-state index contributed by atoms with van der Waals surface area (Å²) in [6.07, 6.45) is 0. The molecule has 92 valence electrons. The molecule has 0 fully saturated rings. The summed E-state index contributed by atoms with van der Waals surface area (Å²) in [4.78, 5) is 0. The zero-order valence-electron chi connectivity index (χ0n) is 12.5. The van der Waals surface area contributed by atoms with E-state index in [1.54, 1.807) is 0 Å². The summed E-state index contributed by atoms with van der Waals surface area (Å²) in [6, 6.07) is 0. The normalized spacial score (nSPS) is 15.6. The summed E-state index contributed by atoms with van der Waals surface area (Å²) < 4.78 is 0. The van der Waals surface area contributed by atoms with Gasteiger partial charge in [-0.05, 0) is 38.5 Å². The van der Waals surface area contributed by atoms with Crippen molar-refractivity contribution in [1.29, 1.82) is 0 Å². The van der Waals surface area contributed by atoms with Crippen LogP contribution in [0.5, 0.6) is 0 Å². The van der Waals surface area contributed by atoms with Crippen molar-refractivity contribution >= 4 is 0 Å². The molecular weight excluding hydrogens is 182 g/mol. The van der Waals surface area contributed by atoms with Crippen LogP contribution >= 0.6 is 0 Å². The van der Waals surface area contributed by atoms with Gasteiger partial charge in [-0.3, -0.25) is 0 Å². The molecule has 0 aromatic rings. The highest BCUT2D eigenvalue weighted by Gasteiger charge is 2.47. The van der Waals surface area contributed by atoms with E-state index in [1.807, 2.05) is 0 Å². The van der Waals surface area contributed by atoms with Crippen LogP contribution in [0.25, 0.3) is 0 Å². The molecule has 1 N–H and O–H groups in total. The van der Waals surface area contributed by atoms with Crippen molar-refractivity contribution in [3.8, 4) is 0 Å². The van der Waals surface area contributed by atoms with Gasteiger partial charge in [-0.1, -0.05) is 41.5 Å². The molecule has 1 nitrogen and oxygen atoms in total. The lowest BCUT2D eigenvalue weighted by molar-refractivity contribution is 0.0154. The van der Waals surface area contributed by atoms with Crippen LogP contribution in [0.15, 0.2) is 0 Å². The Morgan fingerprint density at radius 1 is 0.533 bits per heavy atom. The molecule has 0 aliphatic rings. The van der Waals surface area contributed by atoms with Crippen molar-refractivity contribution in [3.63, 3.8) is 0 Å². The molecule has 0 aliphatic heterocycles. The summed E-state index contributed by atoms with van der Waals surface area (Å²) in [5.41, 5.74) is 0.727. The van der Waals surface area contributed by atoms with E-state index in [9.17, 15) is 0 Å². The Morgan fingerprint density at radius 2 is 0.800 bits per heavy atom. The van der Waals surface area contributed by atoms with Crippen molar-refractivity contribution in [3.05, 3.63) is 0 Å². The minimum absolute atomic E-state index is 0.109. The third kappa shape index (κ3) is 3.48. The lowest BCUT2D eigenvalue weighted by Crippen LogP contribution is -2.65. The fourth-order valence-electron chi connectivity index (χ4n) is 2.25. The van der Waals surface area contributed by atoms with E-state index in [2.05, 4.69) is 74.6 Å². The maximum absolute atomic E-state index is 3.81. The number of hydrogen-bond acceptors (Lipinski definition) is 1. The van der Waals surface area contributed by atoms with Crippen molar-refractivity contribution < 1.29 is 0 Å². The Labute approximate surface area is 97.0 Å². The van der Waals surface area contributed by atoms with Gasteiger partial charge in [0, 0.05) is 11.1 Å². The van der Waals surface area contributed by atoms with Gasteiger partial charge in [0.15, 0.2) is 0 Å². The van der Waals surface area contributed by atoms with Crippen LogP contribution in [0.4, 0.5) is 0 Å². The maximum Gasteiger partial charge on any atom is 0.0254 e. The first-order chi connectivity index (χ1) is 6.21. The van der Waals surface area contributed by atoms with Crippen molar-refractivity contribution in [2.75, 3.05) is 0 Å². The lowest BCUT2D eigenvalue weighted by atomic mass is 9.60. The Kier molecular flexibility index (Phi) is 3.75. The summed E-state index contributed by atoms with van der Waals surface area (Å²) >= 11 is 0. The number of nitrogens with one attached hydrogen (secondary N) is 1. The highest BCUT2D eigenvalue weighted by Crippen LogP contribution is 2.44. The zero-order valence-corrected chi connectivity index (χ0v) is 12.5. The molecule has 15 heavy (non-hydrogen) atoms. The molecule has 0 saturated carbocycles. The molecule has 0 rings (SSSR count). The fraction of sp³-hybridized carbons (Fsp3) is 1.00. The largest absolute Gasteiger partial charge is 0.306 e. The molecule has 1 heteroatoms. The van der Waals surface area contributed by atoms with Gasteiger partial charge < -0.3 is 5.32 Å². The molecular formula is C14H31N. The van der Waals surface area contributed by atoms with E-state index < -0.39 is 0 Å². The predicted octanol–water partition coefficient (Wildman–Crippen LogP) is 4.23. The van der Waals surface area contributed by atoms with Crippen molar-refractivity contribution in [2.45, 2.75) is 80.3 Å². The van der Waals surface area contributed by atoms with Crippen molar-refractivity contribution in [1.82, 2.24) is 5.32 Å². The molecule has 0 aliphatic carbocycles. The van der Waals surface area contributed by atoms with E-state index in [1.165, 1.54) is 0 Å². The molecule has 0 atom stereocenters. The first-order valence-corrected chi connectivity index (χ1v) is 6.00. The van der Waals surface area contributed by atoms with Gasteiger partial charge in [0.05, 0.1) is 0 Å². The van der Waals surface area contributed by atoms with Gasteiger partial charge in [0.1, 0.15) is 0 Å². The Balaban J connectivity index is 5.26. The van der Waals surface area contributed by atoms with E-state index in [0.29, 0.717) is 0 Å². The smallest absolute Gasteiger partial charge is 0.0254 e. The third-order valence-corrected chi connectivity index (χ3v) is 3.62. The van der Waals surface area contributed by atoms with Crippen LogP contribution < -0.4 is 5.32 Å². The second-order valence-electron chi connectivity index (χ2n) is 8.00. The summed E-state index contributed by atoms with van der Waals surface area (Å²) in [5, 5.41) is 3.81. The van der Waals surface area contributed by atoms with Crippen LogP contribution in [0.1, 0.15) is 69.2 Å². The topological polar surface area (TPSA) is 12.0 Å². The first-order valence-electron chi connectivity index (χ1n) is 6.00. The molecule has 0 spiro atoms. The quantitative estimate of drug-likeness (QED) is 0.687. The summed E-state index contributed by atoms with van der Waals surface area (Å²) in [7, 11) is 0. The van der Waals surface area contributed by atoms with E-state index >= 15 is 0 Å². The van der Waals surface area contributed by atoms with E-state index in [0.717, 1.165) is 0 Å². The molecule has 0 aromatic carbocycles. The zero-order chi connectivity index (χ0) is 12.7. The maximum atomic E-state index is 3.81. The van der Waals surface area contributed by atoms with Gasteiger partial charge in [-0.15, -0.1) is 0 Å². The van der Waals surface area contributed by atoms with Crippen LogP contribution in [0.2, 0.25) is 0 Å². The predicted molar refractivity (Wildman–Crippen MR) is 70.2 cm³/mol. The third-order valence-electron chi connectivity index (χ3n) is 3.62. The SMILES string of the molecule is CC(C)(C)NC(C)(C(C)(C)C)C(C)(C)C. The first kappa shape index (κ1) is 15.0. The van der Waals surface area contributed by atoms with Gasteiger partial charge in [0.25, 0.3) is 0 Å². The fourth-order valence-corrected chi connectivity index (χ4v) is 2.25. The van der Waals surface area contributed by atoms with Gasteiger partial charge in [0.2, 0.25) is 0 Å². The van der Waals surface area contributed by atoms with Gasteiger partial charge in [-0.25, -0.2) is 0 Å². The molecule has 0 bridgehead atoms. The number of rotatable bonds is 1. The molecule has 0 radical (unpaired) electrons. The summed E-state index contributed by atoms with van der Waals surface area (Å²) in [5.74, 6) is 0. The average Bonchev–Trinajstić information content (AvgIpc) is 1.77. The number of hydrogen-bond donors (Lipinski definition) is 1. The van der Waals surface area contributed by atoms with Gasteiger partial charge >= 0.3 is 0 Å². The van der Waals surface area contributed by atoms with Crippen LogP contribution in [-0.4, -0.2) is 11.1 Å². The Bertz CT molecular complexity index is 193. The van der Waals surface area contributed by atoms with Crippen LogP contribution in [0.3, 0.4) is 0 Å². The minimum atomic E-state index is 0.109. The molecule has 0 unspecified atom stereocenters. The lowest BCUT2D eigenvalue weighted by Gasteiger charge is -2.55. The second kappa shape index (κ2) is 3.76.